The second-order valence-electron chi connectivity index (χ2n) is 5.19. The first-order valence-corrected chi connectivity index (χ1v) is 6.44. The SMILES string of the molecule is CN(C)C1(CNc2cccnc2C#N)CCCC1. The van der Waals surface area contributed by atoms with Gasteiger partial charge in [0.1, 0.15) is 6.07 Å². The molecule has 1 aromatic heterocycles. The fourth-order valence-electron chi connectivity index (χ4n) is 2.71. The lowest BCUT2D eigenvalue weighted by Gasteiger charge is -2.36. The lowest BCUT2D eigenvalue weighted by molar-refractivity contribution is 0.172. The number of nitriles is 1. The average molecular weight is 244 g/mol. The molecule has 0 amide bonds. The Morgan fingerprint density at radius 2 is 2.17 bits per heavy atom. The zero-order valence-corrected chi connectivity index (χ0v) is 11.1. The normalized spacial score (nSPS) is 17.7. The Morgan fingerprint density at radius 1 is 1.44 bits per heavy atom. The minimum absolute atomic E-state index is 0.225. The third-order valence-electron chi connectivity index (χ3n) is 4.00. The molecule has 1 heterocycles. The summed E-state index contributed by atoms with van der Waals surface area (Å²) in [6, 6.07) is 5.91. The van der Waals surface area contributed by atoms with E-state index in [1.165, 1.54) is 25.7 Å². The Balaban J connectivity index is 2.09. The molecular weight excluding hydrogens is 224 g/mol. The van der Waals surface area contributed by atoms with Crippen LogP contribution in [0.1, 0.15) is 31.4 Å². The molecule has 0 spiro atoms. The predicted octanol–water partition coefficient (Wildman–Crippen LogP) is 2.24. The fraction of sp³-hybridized carbons (Fsp3) is 0.571. The minimum Gasteiger partial charge on any atom is -0.381 e. The van der Waals surface area contributed by atoms with Gasteiger partial charge in [-0.1, -0.05) is 12.8 Å². The summed E-state index contributed by atoms with van der Waals surface area (Å²) in [6.45, 7) is 0.875. The first kappa shape index (κ1) is 12.8. The van der Waals surface area contributed by atoms with Gasteiger partial charge in [0.25, 0.3) is 0 Å². The van der Waals surface area contributed by atoms with E-state index >= 15 is 0 Å². The van der Waals surface area contributed by atoms with Gasteiger partial charge in [0, 0.05) is 18.3 Å². The molecule has 1 fully saturated rings. The molecule has 0 bridgehead atoms. The van der Waals surface area contributed by atoms with E-state index in [-0.39, 0.29) is 5.54 Å². The molecule has 4 heteroatoms. The highest BCUT2D eigenvalue weighted by molar-refractivity contribution is 5.53. The second-order valence-corrected chi connectivity index (χ2v) is 5.19. The number of pyridine rings is 1. The van der Waals surface area contributed by atoms with Gasteiger partial charge in [0.2, 0.25) is 0 Å². The number of nitrogens with one attached hydrogen (secondary N) is 1. The van der Waals surface area contributed by atoms with Crippen LogP contribution < -0.4 is 5.32 Å². The molecule has 1 aromatic rings. The molecule has 4 nitrogen and oxygen atoms in total. The van der Waals surface area contributed by atoms with Crippen molar-refractivity contribution in [3.05, 3.63) is 24.0 Å². The van der Waals surface area contributed by atoms with Crippen molar-refractivity contribution >= 4 is 5.69 Å². The van der Waals surface area contributed by atoms with Gasteiger partial charge in [-0.3, -0.25) is 0 Å². The quantitative estimate of drug-likeness (QED) is 0.882. The van der Waals surface area contributed by atoms with Crippen LogP contribution in [0.5, 0.6) is 0 Å². The van der Waals surface area contributed by atoms with Crippen molar-refractivity contribution in [2.24, 2.45) is 0 Å². The number of rotatable bonds is 4. The van der Waals surface area contributed by atoms with Crippen LogP contribution in [0, 0.1) is 11.3 Å². The lowest BCUT2D eigenvalue weighted by atomic mass is 9.96. The van der Waals surface area contributed by atoms with Crippen LogP contribution in [-0.4, -0.2) is 36.1 Å². The maximum absolute atomic E-state index is 9.02. The summed E-state index contributed by atoms with van der Waals surface area (Å²) in [5, 5.41) is 12.4. The maximum Gasteiger partial charge on any atom is 0.163 e. The fourth-order valence-corrected chi connectivity index (χ4v) is 2.71. The van der Waals surface area contributed by atoms with E-state index in [4.69, 9.17) is 5.26 Å². The summed E-state index contributed by atoms with van der Waals surface area (Å²) in [5.74, 6) is 0. The van der Waals surface area contributed by atoms with E-state index in [1.807, 2.05) is 12.1 Å². The molecule has 1 aliphatic carbocycles. The molecule has 0 aliphatic heterocycles. The molecule has 0 radical (unpaired) electrons. The molecular formula is C14H20N4. The molecule has 18 heavy (non-hydrogen) atoms. The summed E-state index contributed by atoms with van der Waals surface area (Å²) >= 11 is 0. The highest BCUT2D eigenvalue weighted by Gasteiger charge is 2.35. The standard InChI is InChI=1S/C14H20N4/c1-18(2)14(7-3-4-8-14)11-17-12-6-5-9-16-13(12)10-15/h5-6,9,17H,3-4,7-8,11H2,1-2H3. The van der Waals surface area contributed by atoms with Crippen LogP contribution >= 0.6 is 0 Å². The molecule has 0 saturated heterocycles. The highest BCUT2D eigenvalue weighted by Crippen LogP contribution is 2.34. The average Bonchev–Trinajstić information content (AvgIpc) is 2.87. The second kappa shape index (κ2) is 5.36. The summed E-state index contributed by atoms with van der Waals surface area (Å²) < 4.78 is 0. The van der Waals surface area contributed by atoms with E-state index in [9.17, 15) is 0 Å². The Bertz CT molecular complexity index is 441. The number of hydrogen-bond donors (Lipinski definition) is 1. The molecule has 0 atom stereocenters. The third-order valence-corrected chi connectivity index (χ3v) is 4.00. The summed E-state index contributed by atoms with van der Waals surface area (Å²) in [7, 11) is 4.28. The van der Waals surface area contributed by atoms with Gasteiger partial charge in [-0.2, -0.15) is 5.26 Å². The van der Waals surface area contributed by atoms with Gasteiger partial charge in [0.05, 0.1) is 5.69 Å². The summed E-state index contributed by atoms with van der Waals surface area (Å²) in [6.07, 6.45) is 6.67. The number of likely N-dealkylation sites (N-methyl/N-ethyl adjacent to an activating group) is 1. The van der Waals surface area contributed by atoms with Gasteiger partial charge >= 0.3 is 0 Å². The van der Waals surface area contributed by atoms with Crippen molar-refractivity contribution < 1.29 is 0 Å². The zero-order chi connectivity index (χ0) is 13.0. The zero-order valence-electron chi connectivity index (χ0n) is 11.1. The molecule has 0 aromatic carbocycles. The van der Waals surface area contributed by atoms with Crippen molar-refractivity contribution in [1.29, 1.82) is 5.26 Å². The van der Waals surface area contributed by atoms with Crippen molar-refractivity contribution in [3.63, 3.8) is 0 Å². The third kappa shape index (κ3) is 2.46. The Morgan fingerprint density at radius 3 is 2.78 bits per heavy atom. The largest absolute Gasteiger partial charge is 0.381 e. The highest BCUT2D eigenvalue weighted by atomic mass is 15.2. The van der Waals surface area contributed by atoms with Crippen molar-refractivity contribution in [1.82, 2.24) is 9.88 Å². The van der Waals surface area contributed by atoms with Crippen LogP contribution in [0.25, 0.3) is 0 Å². The molecule has 2 rings (SSSR count). The van der Waals surface area contributed by atoms with E-state index in [0.717, 1.165) is 12.2 Å². The van der Waals surface area contributed by atoms with Gasteiger partial charge in [-0.25, -0.2) is 4.98 Å². The Kier molecular flexibility index (Phi) is 3.83. The van der Waals surface area contributed by atoms with E-state index < -0.39 is 0 Å². The van der Waals surface area contributed by atoms with E-state index in [2.05, 4.69) is 35.4 Å². The molecule has 1 saturated carbocycles. The van der Waals surface area contributed by atoms with Crippen molar-refractivity contribution in [2.75, 3.05) is 26.0 Å². The molecule has 0 unspecified atom stereocenters. The van der Waals surface area contributed by atoms with Crippen LogP contribution in [0.15, 0.2) is 18.3 Å². The van der Waals surface area contributed by atoms with E-state index in [1.54, 1.807) is 6.20 Å². The molecule has 1 aliphatic rings. The summed E-state index contributed by atoms with van der Waals surface area (Å²) in [5.41, 5.74) is 1.54. The van der Waals surface area contributed by atoms with Gasteiger partial charge in [0.15, 0.2) is 5.69 Å². The monoisotopic (exact) mass is 244 g/mol. The van der Waals surface area contributed by atoms with Crippen LogP contribution in [-0.2, 0) is 0 Å². The van der Waals surface area contributed by atoms with Crippen LogP contribution in [0.2, 0.25) is 0 Å². The van der Waals surface area contributed by atoms with E-state index in [0.29, 0.717) is 5.69 Å². The van der Waals surface area contributed by atoms with Gasteiger partial charge < -0.3 is 10.2 Å². The smallest absolute Gasteiger partial charge is 0.163 e. The predicted molar refractivity (Wildman–Crippen MR) is 72.3 cm³/mol. The number of anilines is 1. The van der Waals surface area contributed by atoms with Crippen LogP contribution in [0.4, 0.5) is 5.69 Å². The topological polar surface area (TPSA) is 52.0 Å². The first-order valence-electron chi connectivity index (χ1n) is 6.44. The number of hydrogen-bond acceptors (Lipinski definition) is 4. The molecule has 96 valence electrons. The Hall–Kier alpha value is -1.60. The lowest BCUT2D eigenvalue weighted by Crippen LogP contribution is -2.47. The summed E-state index contributed by atoms with van der Waals surface area (Å²) in [4.78, 5) is 6.39. The van der Waals surface area contributed by atoms with Crippen molar-refractivity contribution in [2.45, 2.75) is 31.2 Å². The first-order chi connectivity index (χ1) is 8.68. The minimum atomic E-state index is 0.225. The number of nitrogens with zero attached hydrogens (tertiary/aromatic N) is 3. The van der Waals surface area contributed by atoms with Crippen molar-refractivity contribution in [3.8, 4) is 6.07 Å². The Labute approximate surface area is 109 Å². The van der Waals surface area contributed by atoms with Crippen LogP contribution in [0.3, 0.4) is 0 Å². The van der Waals surface area contributed by atoms with Gasteiger partial charge in [-0.15, -0.1) is 0 Å². The molecule has 1 N–H and O–H groups in total. The van der Waals surface area contributed by atoms with Gasteiger partial charge in [-0.05, 0) is 39.1 Å². The maximum atomic E-state index is 9.02. The number of aromatic nitrogens is 1.